The maximum absolute atomic E-state index is 13.6. The van der Waals surface area contributed by atoms with E-state index in [-0.39, 0.29) is 5.56 Å². The molecule has 2 aromatic rings. The van der Waals surface area contributed by atoms with Gasteiger partial charge in [0.05, 0.1) is 6.04 Å². The minimum atomic E-state index is -0.563. The highest BCUT2D eigenvalue weighted by Crippen LogP contribution is 2.24. The Bertz CT molecular complexity index is 500. The van der Waals surface area contributed by atoms with E-state index in [2.05, 4.69) is 5.43 Å². The maximum atomic E-state index is 13.6. The number of nitrogens with one attached hydrogen (secondary N) is 1. The molecule has 0 aromatic heterocycles. The van der Waals surface area contributed by atoms with E-state index >= 15 is 0 Å². The SMILES string of the molecule is NN[C@@H](c1ccccc1)c1cc(F)ccc1F. The van der Waals surface area contributed by atoms with Crippen molar-refractivity contribution in [3.05, 3.63) is 71.3 Å². The number of hydrogen-bond acceptors (Lipinski definition) is 2. The maximum Gasteiger partial charge on any atom is 0.128 e. The molecule has 0 bridgehead atoms. The van der Waals surface area contributed by atoms with Gasteiger partial charge in [0.1, 0.15) is 11.6 Å². The van der Waals surface area contributed by atoms with Gasteiger partial charge in [-0.2, -0.15) is 0 Å². The molecule has 0 aliphatic rings. The zero-order chi connectivity index (χ0) is 12.3. The van der Waals surface area contributed by atoms with Crippen molar-refractivity contribution in [3.8, 4) is 0 Å². The summed E-state index contributed by atoms with van der Waals surface area (Å²) >= 11 is 0. The quantitative estimate of drug-likeness (QED) is 0.632. The summed E-state index contributed by atoms with van der Waals surface area (Å²) in [6.07, 6.45) is 0. The van der Waals surface area contributed by atoms with Crippen LogP contribution in [0.1, 0.15) is 17.2 Å². The monoisotopic (exact) mass is 234 g/mol. The lowest BCUT2D eigenvalue weighted by molar-refractivity contribution is 0.545. The number of nitrogens with two attached hydrogens (primary N) is 1. The summed E-state index contributed by atoms with van der Waals surface area (Å²) in [6, 6.07) is 11.8. The molecule has 0 aliphatic heterocycles. The van der Waals surface area contributed by atoms with E-state index in [0.717, 1.165) is 23.8 Å². The van der Waals surface area contributed by atoms with Gasteiger partial charge in [0, 0.05) is 5.56 Å². The van der Waals surface area contributed by atoms with Gasteiger partial charge in [-0.05, 0) is 23.8 Å². The van der Waals surface area contributed by atoms with Gasteiger partial charge in [-0.15, -0.1) is 0 Å². The molecule has 4 heteroatoms. The molecular weight excluding hydrogens is 222 g/mol. The topological polar surface area (TPSA) is 38.0 Å². The molecule has 1 atom stereocenters. The largest absolute Gasteiger partial charge is 0.271 e. The van der Waals surface area contributed by atoms with Crippen LogP contribution in [0, 0.1) is 11.6 Å². The number of halogens is 2. The highest BCUT2D eigenvalue weighted by molar-refractivity contribution is 5.32. The van der Waals surface area contributed by atoms with E-state index in [1.54, 1.807) is 12.1 Å². The van der Waals surface area contributed by atoms with E-state index in [9.17, 15) is 8.78 Å². The molecule has 17 heavy (non-hydrogen) atoms. The first-order valence-electron chi connectivity index (χ1n) is 5.18. The summed E-state index contributed by atoms with van der Waals surface area (Å²) in [7, 11) is 0. The Labute approximate surface area is 98.0 Å². The van der Waals surface area contributed by atoms with Crippen molar-refractivity contribution in [2.75, 3.05) is 0 Å². The summed E-state index contributed by atoms with van der Waals surface area (Å²) in [6.45, 7) is 0. The average Bonchev–Trinajstić information content (AvgIpc) is 2.36. The van der Waals surface area contributed by atoms with Gasteiger partial charge in [-0.25, -0.2) is 14.2 Å². The number of benzene rings is 2. The average molecular weight is 234 g/mol. The predicted molar refractivity (Wildman–Crippen MR) is 62.0 cm³/mol. The lowest BCUT2D eigenvalue weighted by atomic mass is 9.99. The molecule has 0 spiro atoms. The molecule has 0 fully saturated rings. The van der Waals surface area contributed by atoms with Crippen LogP contribution >= 0.6 is 0 Å². The van der Waals surface area contributed by atoms with Crippen LogP contribution < -0.4 is 11.3 Å². The molecule has 0 amide bonds. The third kappa shape index (κ3) is 2.49. The molecular formula is C13H12F2N2. The fraction of sp³-hybridized carbons (Fsp3) is 0.0769. The minimum Gasteiger partial charge on any atom is -0.271 e. The van der Waals surface area contributed by atoms with E-state index in [1.165, 1.54) is 0 Å². The number of hydrogen-bond donors (Lipinski definition) is 2. The van der Waals surface area contributed by atoms with Crippen LogP contribution in [0.3, 0.4) is 0 Å². The first-order chi connectivity index (χ1) is 8.22. The molecule has 0 aliphatic carbocycles. The van der Waals surface area contributed by atoms with Crippen LogP contribution in [-0.4, -0.2) is 0 Å². The van der Waals surface area contributed by atoms with Crippen LogP contribution in [0.2, 0.25) is 0 Å². The Kier molecular flexibility index (Phi) is 3.46. The third-order valence-electron chi connectivity index (χ3n) is 2.57. The molecule has 88 valence electrons. The van der Waals surface area contributed by atoms with Crippen LogP contribution in [0.15, 0.2) is 48.5 Å². The first-order valence-corrected chi connectivity index (χ1v) is 5.18. The van der Waals surface area contributed by atoms with Gasteiger partial charge >= 0.3 is 0 Å². The molecule has 0 unspecified atom stereocenters. The molecule has 2 rings (SSSR count). The molecule has 0 saturated heterocycles. The minimum absolute atomic E-state index is 0.193. The smallest absolute Gasteiger partial charge is 0.128 e. The summed E-state index contributed by atoms with van der Waals surface area (Å²) in [5, 5.41) is 0. The van der Waals surface area contributed by atoms with Gasteiger partial charge in [0.25, 0.3) is 0 Å². The van der Waals surface area contributed by atoms with E-state index in [4.69, 9.17) is 5.84 Å². The van der Waals surface area contributed by atoms with Gasteiger partial charge in [0.2, 0.25) is 0 Å². The second-order valence-corrected chi connectivity index (χ2v) is 3.68. The molecule has 2 nitrogen and oxygen atoms in total. The van der Waals surface area contributed by atoms with Crippen LogP contribution in [-0.2, 0) is 0 Å². The molecule has 0 radical (unpaired) electrons. The predicted octanol–water partition coefficient (Wildman–Crippen LogP) is 2.52. The first kappa shape index (κ1) is 11.7. The summed E-state index contributed by atoms with van der Waals surface area (Å²) in [5.41, 5.74) is 3.47. The zero-order valence-electron chi connectivity index (χ0n) is 9.03. The fourth-order valence-electron chi connectivity index (χ4n) is 1.75. The van der Waals surface area contributed by atoms with Crippen molar-refractivity contribution in [2.24, 2.45) is 5.84 Å². The Balaban J connectivity index is 2.46. The van der Waals surface area contributed by atoms with Gasteiger partial charge < -0.3 is 0 Å². The highest BCUT2D eigenvalue weighted by atomic mass is 19.1. The second-order valence-electron chi connectivity index (χ2n) is 3.68. The van der Waals surface area contributed by atoms with Crippen molar-refractivity contribution < 1.29 is 8.78 Å². The third-order valence-corrected chi connectivity index (χ3v) is 2.57. The molecule has 2 aromatic carbocycles. The summed E-state index contributed by atoms with van der Waals surface area (Å²) in [5.74, 6) is 4.44. The summed E-state index contributed by atoms with van der Waals surface area (Å²) in [4.78, 5) is 0. The second kappa shape index (κ2) is 5.03. The lowest BCUT2D eigenvalue weighted by Crippen LogP contribution is -2.29. The van der Waals surface area contributed by atoms with E-state index < -0.39 is 17.7 Å². The highest BCUT2D eigenvalue weighted by Gasteiger charge is 2.16. The zero-order valence-corrected chi connectivity index (χ0v) is 9.03. The molecule has 3 N–H and O–H groups in total. The van der Waals surface area contributed by atoms with Crippen molar-refractivity contribution in [1.82, 2.24) is 5.43 Å². The Morgan fingerprint density at radius 2 is 1.71 bits per heavy atom. The summed E-state index contributed by atoms with van der Waals surface area (Å²) < 4.78 is 26.8. The Morgan fingerprint density at radius 1 is 1.00 bits per heavy atom. The van der Waals surface area contributed by atoms with Crippen molar-refractivity contribution in [1.29, 1.82) is 0 Å². The number of hydrazine groups is 1. The van der Waals surface area contributed by atoms with Crippen molar-refractivity contribution >= 4 is 0 Å². The van der Waals surface area contributed by atoms with Gasteiger partial charge in [-0.3, -0.25) is 5.84 Å². The fourth-order valence-corrected chi connectivity index (χ4v) is 1.75. The van der Waals surface area contributed by atoms with Crippen LogP contribution in [0.25, 0.3) is 0 Å². The standard InChI is InChI=1S/C13H12F2N2/c14-10-6-7-12(15)11(8-10)13(17-16)9-4-2-1-3-5-9/h1-8,13,17H,16H2/t13-/m0/s1. The van der Waals surface area contributed by atoms with Gasteiger partial charge in [0.15, 0.2) is 0 Å². The Morgan fingerprint density at radius 3 is 2.35 bits per heavy atom. The normalized spacial score (nSPS) is 12.4. The molecule has 0 saturated carbocycles. The van der Waals surface area contributed by atoms with Crippen LogP contribution in [0.5, 0.6) is 0 Å². The van der Waals surface area contributed by atoms with E-state index in [1.807, 2.05) is 18.2 Å². The van der Waals surface area contributed by atoms with Gasteiger partial charge in [-0.1, -0.05) is 30.3 Å². The lowest BCUT2D eigenvalue weighted by Gasteiger charge is -2.17. The van der Waals surface area contributed by atoms with Crippen LogP contribution in [0.4, 0.5) is 8.78 Å². The van der Waals surface area contributed by atoms with Crippen molar-refractivity contribution in [3.63, 3.8) is 0 Å². The number of rotatable bonds is 3. The molecule has 0 heterocycles. The van der Waals surface area contributed by atoms with Crippen molar-refractivity contribution in [2.45, 2.75) is 6.04 Å². The Hall–Kier alpha value is -1.78. The van der Waals surface area contributed by atoms with E-state index in [0.29, 0.717) is 0 Å².